The molecule has 2 N–H and O–H groups in total. The van der Waals surface area contributed by atoms with Crippen LogP contribution in [0.15, 0.2) is 29.3 Å². The van der Waals surface area contributed by atoms with E-state index in [1.807, 2.05) is 17.0 Å². The molecule has 0 aromatic heterocycles. The smallest absolute Gasteiger partial charge is 0.227 e. The maximum absolute atomic E-state index is 11.8. The minimum absolute atomic E-state index is 0.158. The zero-order valence-corrected chi connectivity index (χ0v) is 16.8. The van der Waals surface area contributed by atoms with Gasteiger partial charge in [-0.05, 0) is 43.6 Å². The summed E-state index contributed by atoms with van der Waals surface area (Å²) in [5, 5.41) is 6.76. The van der Waals surface area contributed by atoms with Gasteiger partial charge in [0.15, 0.2) is 5.96 Å². The third kappa shape index (κ3) is 6.02. The summed E-state index contributed by atoms with van der Waals surface area (Å²) in [6.45, 7) is 7.86. The van der Waals surface area contributed by atoms with E-state index in [9.17, 15) is 4.79 Å². The monoisotopic (exact) mass is 359 g/mol. The summed E-state index contributed by atoms with van der Waals surface area (Å²) >= 11 is 0. The molecular weight excluding hydrogens is 326 g/mol. The number of aliphatic imine (C=N–C) groups is 1. The number of rotatable bonds is 7. The molecule has 2 rings (SSSR count). The number of hydrogen-bond acceptors (Lipinski definition) is 3. The molecule has 1 heterocycles. The number of guanidine groups is 1. The van der Waals surface area contributed by atoms with Crippen LogP contribution in [0.1, 0.15) is 32.3 Å². The zero-order valence-electron chi connectivity index (χ0n) is 16.8. The van der Waals surface area contributed by atoms with Crippen LogP contribution in [0.5, 0.6) is 0 Å². The van der Waals surface area contributed by atoms with Crippen LogP contribution in [-0.4, -0.2) is 57.5 Å². The van der Waals surface area contributed by atoms with Crippen molar-refractivity contribution in [3.63, 3.8) is 0 Å². The van der Waals surface area contributed by atoms with E-state index in [4.69, 9.17) is 0 Å². The molecule has 1 saturated heterocycles. The molecule has 6 heteroatoms. The molecule has 1 aromatic carbocycles. The second kappa shape index (κ2) is 9.03. The average molecular weight is 360 g/mol. The first-order chi connectivity index (χ1) is 12.3. The van der Waals surface area contributed by atoms with Gasteiger partial charge in [-0.1, -0.05) is 26.0 Å². The van der Waals surface area contributed by atoms with Crippen LogP contribution in [0.3, 0.4) is 0 Å². The second-order valence-electron chi connectivity index (χ2n) is 8.00. The van der Waals surface area contributed by atoms with E-state index in [2.05, 4.69) is 60.6 Å². The number of nitrogens with one attached hydrogen (secondary N) is 2. The van der Waals surface area contributed by atoms with Crippen LogP contribution in [0, 0.1) is 5.41 Å². The van der Waals surface area contributed by atoms with E-state index in [0.717, 1.165) is 43.3 Å². The van der Waals surface area contributed by atoms with Crippen molar-refractivity contribution in [3.8, 4) is 0 Å². The number of anilines is 1. The molecular formula is C20H33N5O. The lowest BCUT2D eigenvalue weighted by Crippen LogP contribution is -2.44. The summed E-state index contributed by atoms with van der Waals surface area (Å²) in [4.78, 5) is 20.2. The zero-order chi connectivity index (χ0) is 19.2. The van der Waals surface area contributed by atoms with Gasteiger partial charge in [0.05, 0.1) is 0 Å². The highest BCUT2D eigenvalue weighted by molar-refractivity contribution is 5.95. The molecule has 0 aliphatic carbocycles. The molecule has 1 aliphatic heterocycles. The Balaban J connectivity index is 1.83. The fraction of sp³-hybridized carbons (Fsp3) is 0.600. The molecule has 0 unspecified atom stereocenters. The van der Waals surface area contributed by atoms with E-state index >= 15 is 0 Å². The minimum Gasteiger partial charge on any atom is -0.356 e. The predicted molar refractivity (Wildman–Crippen MR) is 109 cm³/mol. The quantitative estimate of drug-likeness (QED) is 0.578. The first-order valence-corrected chi connectivity index (χ1v) is 9.29. The average Bonchev–Trinajstić information content (AvgIpc) is 3.00. The van der Waals surface area contributed by atoms with Crippen LogP contribution < -0.4 is 15.5 Å². The summed E-state index contributed by atoms with van der Waals surface area (Å²) in [7, 11) is 5.97. The number of amides is 1. The number of carbonyl (C=O) groups is 1. The van der Waals surface area contributed by atoms with E-state index in [1.165, 1.54) is 0 Å². The summed E-state index contributed by atoms with van der Waals surface area (Å²) in [5.41, 5.74) is 2.31. The third-order valence-corrected chi connectivity index (χ3v) is 4.48. The summed E-state index contributed by atoms with van der Waals surface area (Å²) in [5.74, 6) is 1.02. The van der Waals surface area contributed by atoms with E-state index < -0.39 is 0 Å². The molecule has 6 nitrogen and oxygen atoms in total. The van der Waals surface area contributed by atoms with Crippen molar-refractivity contribution >= 4 is 17.6 Å². The van der Waals surface area contributed by atoms with Gasteiger partial charge in [0, 0.05) is 45.3 Å². The lowest BCUT2D eigenvalue weighted by Gasteiger charge is -2.29. The fourth-order valence-electron chi connectivity index (χ4n) is 3.36. The van der Waals surface area contributed by atoms with Crippen molar-refractivity contribution in [3.05, 3.63) is 29.8 Å². The van der Waals surface area contributed by atoms with Gasteiger partial charge in [-0.2, -0.15) is 0 Å². The van der Waals surface area contributed by atoms with Crippen LogP contribution in [0.25, 0.3) is 0 Å². The third-order valence-electron chi connectivity index (χ3n) is 4.48. The van der Waals surface area contributed by atoms with Gasteiger partial charge in [-0.25, -0.2) is 0 Å². The molecule has 144 valence electrons. The minimum atomic E-state index is 0.158. The molecule has 1 aliphatic rings. The Morgan fingerprint density at radius 1 is 1.23 bits per heavy atom. The van der Waals surface area contributed by atoms with Crippen molar-refractivity contribution in [1.29, 1.82) is 0 Å². The number of carbonyl (C=O) groups excluding carboxylic acids is 1. The molecule has 1 fully saturated rings. The second-order valence-corrected chi connectivity index (χ2v) is 8.00. The fourth-order valence-corrected chi connectivity index (χ4v) is 3.36. The lowest BCUT2D eigenvalue weighted by atomic mass is 9.93. The lowest BCUT2D eigenvalue weighted by molar-refractivity contribution is -0.117. The Morgan fingerprint density at radius 3 is 2.46 bits per heavy atom. The number of hydrogen-bond donors (Lipinski definition) is 2. The summed E-state index contributed by atoms with van der Waals surface area (Å²) < 4.78 is 0. The molecule has 1 aromatic rings. The van der Waals surface area contributed by atoms with E-state index in [-0.39, 0.29) is 11.3 Å². The Morgan fingerprint density at radius 2 is 1.92 bits per heavy atom. The van der Waals surface area contributed by atoms with Gasteiger partial charge in [0.25, 0.3) is 0 Å². The molecule has 0 bridgehead atoms. The summed E-state index contributed by atoms with van der Waals surface area (Å²) in [6.07, 6.45) is 1.61. The topological polar surface area (TPSA) is 60.0 Å². The van der Waals surface area contributed by atoms with Crippen molar-refractivity contribution in [2.24, 2.45) is 10.4 Å². The predicted octanol–water partition coefficient (Wildman–Crippen LogP) is 2.07. The van der Waals surface area contributed by atoms with E-state index in [0.29, 0.717) is 13.0 Å². The molecule has 26 heavy (non-hydrogen) atoms. The van der Waals surface area contributed by atoms with Crippen LogP contribution >= 0.6 is 0 Å². The van der Waals surface area contributed by atoms with Crippen molar-refractivity contribution < 1.29 is 4.79 Å². The van der Waals surface area contributed by atoms with Gasteiger partial charge in [-0.3, -0.25) is 9.79 Å². The van der Waals surface area contributed by atoms with Gasteiger partial charge in [0.2, 0.25) is 5.91 Å². The van der Waals surface area contributed by atoms with Gasteiger partial charge in [-0.15, -0.1) is 0 Å². The number of nitrogens with zero attached hydrogens (tertiary/aromatic N) is 3. The maximum atomic E-state index is 11.8. The molecule has 0 radical (unpaired) electrons. The Labute approximate surface area is 157 Å². The molecule has 1 amide bonds. The molecule has 0 atom stereocenters. The van der Waals surface area contributed by atoms with Crippen LogP contribution in [0.2, 0.25) is 0 Å². The van der Waals surface area contributed by atoms with Crippen molar-refractivity contribution in [2.45, 2.75) is 33.2 Å². The first kappa shape index (κ1) is 20.2. The number of benzene rings is 1. The van der Waals surface area contributed by atoms with Crippen molar-refractivity contribution in [2.75, 3.05) is 45.7 Å². The van der Waals surface area contributed by atoms with Crippen LogP contribution in [-0.2, 0) is 11.3 Å². The van der Waals surface area contributed by atoms with Gasteiger partial charge < -0.3 is 20.4 Å². The summed E-state index contributed by atoms with van der Waals surface area (Å²) in [6, 6.07) is 8.18. The highest BCUT2D eigenvalue weighted by Crippen LogP contribution is 2.21. The Bertz CT molecular complexity index is 622. The largest absolute Gasteiger partial charge is 0.356 e. The Kier molecular flexibility index (Phi) is 7.03. The highest BCUT2D eigenvalue weighted by atomic mass is 16.2. The highest BCUT2D eigenvalue weighted by Gasteiger charge is 2.21. The van der Waals surface area contributed by atoms with Gasteiger partial charge in [0.1, 0.15) is 0 Å². The SMILES string of the molecule is CN=C(NCc1ccc(N2CCCC2=O)cc1)NCC(C)(C)CN(C)C. The maximum Gasteiger partial charge on any atom is 0.227 e. The van der Waals surface area contributed by atoms with E-state index in [1.54, 1.807) is 7.05 Å². The molecule has 0 spiro atoms. The molecule has 0 saturated carbocycles. The Hall–Kier alpha value is -2.08. The standard InChI is InChI=1S/C20H33N5O/c1-20(2,15-24(4)5)14-23-19(21-3)22-13-16-8-10-17(11-9-16)25-12-6-7-18(25)26/h8-11H,6-7,12-15H2,1-5H3,(H2,21,22,23). The first-order valence-electron chi connectivity index (χ1n) is 9.29. The normalized spacial score (nSPS) is 15.7. The van der Waals surface area contributed by atoms with Crippen molar-refractivity contribution in [1.82, 2.24) is 15.5 Å². The van der Waals surface area contributed by atoms with Crippen LogP contribution in [0.4, 0.5) is 5.69 Å². The van der Waals surface area contributed by atoms with Gasteiger partial charge >= 0.3 is 0 Å².